The van der Waals surface area contributed by atoms with Crippen molar-refractivity contribution in [1.29, 1.82) is 0 Å². The van der Waals surface area contributed by atoms with Crippen LogP contribution in [0.3, 0.4) is 0 Å². The van der Waals surface area contributed by atoms with Crippen LogP contribution in [-0.2, 0) is 9.53 Å². The van der Waals surface area contributed by atoms with E-state index in [-0.39, 0.29) is 12.0 Å². The Kier molecular flexibility index (Phi) is 4.62. The largest absolute Gasteiger partial charge is 0.465 e. The van der Waals surface area contributed by atoms with Crippen LogP contribution < -0.4 is 5.73 Å². The minimum atomic E-state index is -0.166. The minimum absolute atomic E-state index is 0.166. The molecule has 4 heteroatoms. The van der Waals surface area contributed by atoms with Crippen molar-refractivity contribution >= 4 is 5.97 Å². The van der Waals surface area contributed by atoms with Crippen molar-refractivity contribution < 1.29 is 9.53 Å². The van der Waals surface area contributed by atoms with Crippen molar-refractivity contribution in [1.82, 2.24) is 4.90 Å². The molecule has 0 saturated heterocycles. The Morgan fingerprint density at radius 2 is 2.50 bits per heavy atom. The number of nitrogens with zero attached hydrogens (tertiary/aromatic N) is 1. The van der Waals surface area contributed by atoms with Crippen LogP contribution in [0.4, 0.5) is 0 Å². The van der Waals surface area contributed by atoms with Gasteiger partial charge in [0.15, 0.2) is 0 Å². The maximum Gasteiger partial charge on any atom is 0.320 e. The molecule has 0 spiro atoms. The molecule has 0 aromatic rings. The fraction of sp³-hybridized carbons (Fsp3) is 0.700. The van der Waals surface area contributed by atoms with Gasteiger partial charge in [-0.15, -0.1) is 0 Å². The zero-order valence-corrected chi connectivity index (χ0v) is 8.61. The molecule has 0 aromatic heterocycles. The lowest BCUT2D eigenvalue weighted by atomic mass is 10.1. The second kappa shape index (κ2) is 5.78. The lowest BCUT2D eigenvalue weighted by Crippen LogP contribution is -2.44. The number of carbonyl (C=O) groups is 1. The molecule has 14 heavy (non-hydrogen) atoms. The SMILES string of the molecule is CCOC(=O)CN1CCC=CC1CN. The van der Waals surface area contributed by atoms with Crippen molar-refractivity contribution in [3.05, 3.63) is 12.2 Å². The average Bonchev–Trinajstić information content (AvgIpc) is 2.19. The third-order valence-electron chi connectivity index (χ3n) is 2.29. The molecule has 0 amide bonds. The summed E-state index contributed by atoms with van der Waals surface area (Å²) >= 11 is 0. The van der Waals surface area contributed by atoms with Gasteiger partial charge in [-0.1, -0.05) is 12.2 Å². The first-order valence-corrected chi connectivity index (χ1v) is 5.04. The maximum atomic E-state index is 11.2. The van der Waals surface area contributed by atoms with Crippen LogP contribution in [0.15, 0.2) is 12.2 Å². The Morgan fingerprint density at radius 1 is 1.71 bits per heavy atom. The predicted molar refractivity (Wildman–Crippen MR) is 54.8 cm³/mol. The zero-order chi connectivity index (χ0) is 10.4. The molecule has 1 aliphatic rings. The molecule has 1 atom stereocenters. The van der Waals surface area contributed by atoms with Crippen LogP contribution >= 0.6 is 0 Å². The summed E-state index contributed by atoms with van der Waals surface area (Å²) in [7, 11) is 0. The lowest BCUT2D eigenvalue weighted by Gasteiger charge is -2.30. The monoisotopic (exact) mass is 198 g/mol. The van der Waals surface area contributed by atoms with E-state index in [1.165, 1.54) is 0 Å². The second-order valence-electron chi connectivity index (χ2n) is 3.30. The van der Waals surface area contributed by atoms with Crippen LogP contribution in [0.25, 0.3) is 0 Å². The average molecular weight is 198 g/mol. The van der Waals surface area contributed by atoms with Gasteiger partial charge in [-0.25, -0.2) is 0 Å². The molecule has 1 rings (SSSR count). The molecule has 1 aliphatic heterocycles. The van der Waals surface area contributed by atoms with E-state index in [2.05, 4.69) is 17.1 Å². The molecule has 0 saturated carbocycles. The van der Waals surface area contributed by atoms with Gasteiger partial charge in [0.2, 0.25) is 0 Å². The standard InChI is InChI=1S/C10H18N2O2/c1-2-14-10(13)8-12-6-4-3-5-9(12)7-11/h3,5,9H,2,4,6-8,11H2,1H3. The number of hydrogen-bond acceptors (Lipinski definition) is 4. The van der Waals surface area contributed by atoms with Crippen molar-refractivity contribution in [3.63, 3.8) is 0 Å². The summed E-state index contributed by atoms with van der Waals surface area (Å²) < 4.78 is 4.89. The van der Waals surface area contributed by atoms with Crippen LogP contribution in [0, 0.1) is 0 Å². The van der Waals surface area contributed by atoms with E-state index < -0.39 is 0 Å². The van der Waals surface area contributed by atoms with E-state index in [0.29, 0.717) is 19.7 Å². The summed E-state index contributed by atoms with van der Waals surface area (Å²) in [6.45, 7) is 4.04. The van der Waals surface area contributed by atoms with Gasteiger partial charge in [0, 0.05) is 19.1 Å². The lowest BCUT2D eigenvalue weighted by molar-refractivity contribution is -0.144. The van der Waals surface area contributed by atoms with Gasteiger partial charge in [0.25, 0.3) is 0 Å². The van der Waals surface area contributed by atoms with Crippen molar-refractivity contribution in [2.24, 2.45) is 5.73 Å². The number of esters is 1. The molecule has 80 valence electrons. The molecule has 0 bridgehead atoms. The fourth-order valence-electron chi connectivity index (χ4n) is 1.58. The number of nitrogens with two attached hydrogens (primary N) is 1. The normalized spacial score (nSPS) is 22.3. The molecule has 1 heterocycles. The van der Waals surface area contributed by atoms with Crippen LogP contribution in [0.1, 0.15) is 13.3 Å². The van der Waals surface area contributed by atoms with E-state index in [0.717, 1.165) is 13.0 Å². The van der Waals surface area contributed by atoms with Crippen LogP contribution in [0.2, 0.25) is 0 Å². The molecule has 0 radical (unpaired) electrons. The van der Waals surface area contributed by atoms with Gasteiger partial charge >= 0.3 is 5.97 Å². The van der Waals surface area contributed by atoms with E-state index in [4.69, 9.17) is 10.5 Å². The van der Waals surface area contributed by atoms with E-state index in [9.17, 15) is 4.79 Å². The van der Waals surface area contributed by atoms with E-state index in [1.54, 1.807) is 0 Å². The summed E-state index contributed by atoms with van der Waals surface area (Å²) in [5, 5.41) is 0. The quantitative estimate of drug-likeness (QED) is 0.515. The molecule has 1 unspecified atom stereocenters. The molecular formula is C10H18N2O2. The number of hydrogen-bond donors (Lipinski definition) is 1. The summed E-state index contributed by atoms with van der Waals surface area (Å²) in [6.07, 6.45) is 5.15. The van der Waals surface area contributed by atoms with Gasteiger partial charge in [-0.2, -0.15) is 0 Å². The predicted octanol–water partition coefficient (Wildman–Crippen LogP) is 0.139. The maximum absolute atomic E-state index is 11.2. The van der Waals surface area contributed by atoms with Crippen LogP contribution in [-0.4, -0.2) is 43.2 Å². The molecule has 0 fully saturated rings. The fourth-order valence-corrected chi connectivity index (χ4v) is 1.58. The first kappa shape index (κ1) is 11.2. The third kappa shape index (κ3) is 3.12. The number of rotatable bonds is 4. The smallest absolute Gasteiger partial charge is 0.320 e. The first-order valence-electron chi connectivity index (χ1n) is 5.04. The number of carbonyl (C=O) groups excluding carboxylic acids is 1. The highest BCUT2D eigenvalue weighted by Crippen LogP contribution is 2.08. The summed E-state index contributed by atoms with van der Waals surface area (Å²) in [5.74, 6) is -0.166. The Morgan fingerprint density at radius 3 is 3.14 bits per heavy atom. The Balaban J connectivity index is 2.42. The van der Waals surface area contributed by atoms with E-state index >= 15 is 0 Å². The third-order valence-corrected chi connectivity index (χ3v) is 2.29. The highest BCUT2D eigenvalue weighted by molar-refractivity contribution is 5.71. The molecule has 4 nitrogen and oxygen atoms in total. The summed E-state index contributed by atoms with van der Waals surface area (Å²) in [5.41, 5.74) is 5.60. The first-order chi connectivity index (χ1) is 6.77. The molecule has 2 N–H and O–H groups in total. The van der Waals surface area contributed by atoms with Gasteiger partial charge < -0.3 is 10.5 Å². The zero-order valence-electron chi connectivity index (χ0n) is 8.61. The molecular weight excluding hydrogens is 180 g/mol. The highest BCUT2D eigenvalue weighted by atomic mass is 16.5. The van der Waals surface area contributed by atoms with Crippen molar-refractivity contribution in [3.8, 4) is 0 Å². The summed E-state index contributed by atoms with van der Waals surface area (Å²) in [4.78, 5) is 13.3. The van der Waals surface area contributed by atoms with Gasteiger partial charge in [-0.05, 0) is 13.3 Å². The second-order valence-corrected chi connectivity index (χ2v) is 3.30. The minimum Gasteiger partial charge on any atom is -0.465 e. The Bertz CT molecular complexity index is 216. The van der Waals surface area contributed by atoms with Crippen molar-refractivity contribution in [2.45, 2.75) is 19.4 Å². The molecule has 0 aromatic carbocycles. The number of ether oxygens (including phenoxy) is 1. The van der Waals surface area contributed by atoms with Crippen LogP contribution in [0.5, 0.6) is 0 Å². The Labute approximate surface area is 84.7 Å². The Hall–Kier alpha value is -0.870. The topological polar surface area (TPSA) is 55.6 Å². The van der Waals surface area contributed by atoms with Gasteiger partial charge in [0.1, 0.15) is 0 Å². The summed E-state index contributed by atoms with van der Waals surface area (Å²) in [6, 6.07) is 0.188. The van der Waals surface area contributed by atoms with Gasteiger partial charge in [-0.3, -0.25) is 9.69 Å². The van der Waals surface area contributed by atoms with Gasteiger partial charge in [0.05, 0.1) is 13.2 Å². The van der Waals surface area contributed by atoms with E-state index in [1.807, 2.05) is 6.92 Å². The van der Waals surface area contributed by atoms with Crippen molar-refractivity contribution in [2.75, 3.05) is 26.2 Å². The molecule has 0 aliphatic carbocycles. The highest BCUT2D eigenvalue weighted by Gasteiger charge is 2.19.